The summed E-state index contributed by atoms with van der Waals surface area (Å²) in [6.45, 7) is 4.52. The van der Waals surface area contributed by atoms with E-state index in [0.29, 0.717) is 12.5 Å². The van der Waals surface area contributed by atoms with Gasteiger partial charge >= 0.3 is 0 Å². The molecule has 6 heteroatoms. The van der Waals surface area contributed by atoms with E-state index in [1.165, 1.54) is 12.0 Å². The lowest BCUT2D eigenvalue weighted by Gasteiger charge is -2.38. The number of nitrogens with one attached hydrogen (secondary N) is 1. The molecule has 2 unspecified atom stereocenters. The Kier molecular flexibility index (Phi) is 10.1. The van der Waals surface area contributed by atoms with Gasteiger partial charge in [-0.2, -0.15) is 0 Å². The molecule has 2 atom stereocenters. The zero-order valence-electron chi connectivity index (χ0n) is 22.6. The topological polar surface area (TPSA) is 63.2 Å². The van der Waals surface area contributed by atoms with Crippen LogP contribution in [0.3, 0.4) is 0 Å². The molecule has 6 nitrogen and oxygen atoms in total. The lowest BCUT2D eigenvalue weighted by atomic mass is 9.84. The molecular weight excluding hydrogens is 462 g/mol. The van der Waals surface area contributed by atoms with Gasteiger partial charge in [-0.1, -0.05) is 56.5 Å². The maximum Gasteiger partial charge on any atom is 0.213 e. The van der Waals surface area contributed by atoms with E-state index in [2.05, 4.69) is 60.6 Å². The molecule has 1 N–H and O–H groups in total. The molecule has 1 fully saturated rings. The van der Waals surface area contributed by atoms with Crippen molar-refractivity contribution < 1.29 is 14.3 Å². The molecule has 0 saturated carbocycles. The van der Waals surface area contributed by atoms with E-state index in [4.69, 9.17) is 14.5 Å². The first-order valence-electron chi connectivity index (χ1n) is 14.1. The number of hydrogen-bond acceptors (Lipinski definition) is 6. The number of unbranched alkanes of at least 4 members (excludes halogenated alkanes) is 5. The second kappa shape index (κ2) is 13.7. The number of benzene rings is 1. The van der Waals surface area contributed by atoms with E-state index in [1.54, 1.807) is 12.2 Å². The fraction of sp³-hybridized carbons (Fsp3) is 0.548. The Hall–Kier alpha value is -2.70. The van der Waals surface area contributed by atoms with Gasteiger partial charge in [-0.05, 0) is 69.7 Å². The van der Waals surface area contributed by atoms with Gasteiger partial charge in [0, 0.05) is 31.1 Å². The first-order valence-corrected chi connectivity index (χ1v) is 14.1. The SMILES string of the molecule is CCCCC1NC2=CC(=O)C=C3N=C(OCCCCCCOCCCCc4ccccc4)C=CC32N1C. The lowest BCUT2D eigenvalue weighted by molar-refractivity contribution is -0.110. The summed E-state index contributed by atoms with van der Waals surface area (Å²) in [7, 11) is 2.11. The molecule has 2 heterocycles. The molecule has 0 amide bonds. The van der Waals surface area contributed by atoms with Crippen LogP contribution in [0.1, 0.15) is 70.3 Å². The zero-order chi connectivity index (χ0) is 25.9. The zero-order valence-corrected chi connectivity index (χ0v) is 22.6. The monoisotopic (exact) mass is 505 g/mol. The molecule has 1 spiro atoms. The number of hydrogen-bond donors (Lipinski definition) is 1. The Morgan fingerprint density at radius 1 is 0.973 bits per heavy atom. The molecule has 1 aromatic rings. The average molecular weight is 506 g/mol. The maximum absolute atomic E-state index is 12.4. The summed E-state index contributed by atoms with van der Waals surface area (Å²) >= 11 is 0. The van der Waals surface area contributed by atoms with Gasteiger partial charge in [0.15, 0.2) is 5.78 Å². The van der Waals surface area contributed by atoms with Gasteiger partial charge in [-0.25, -0.2) is 4.99 Å². The Morgan fingerprint density at radius 3 is 2.51 bits per heavy atom. The second-order valence-electron chi connectivity index (χ2n) is 10.3. The first-order chi connectivity index (χ1) is 18.1. The standard InChI is InChI=1S/C31H43N3O3/c1-3-4-17-29-32-27-23-26(35)24-28-31(27,34(29)2)19-18-30(33-28)37-22-12-6-5-11-20-36-21-13-10-16-25-14-8-7-9-15-25/h7-9,14-15,18-19,23-24,29,32H,3-6,10-13,16-17,20-22H2,1-2H3. The Morgan fingerprint density at radius 2 is 1.73 bits per heavy atom. The summed E-state index contributed by atoms with van der Waals surface area (Å²) in [5, 5.41) is 3.56. The molecule has 0 aromatic heterocycles. The summed E-state index contributed by atoms with van der Waals surface area (Å²) in [4.78, 5) is 19.4. The minimum Gasteiger partial charge on any atom is -0.478 e. The van der Waals surface area contributed by atoms with Gasteiger partial charge in [-0.15, -0.1) is 0 Å². The van der Waals surface area contributed by atoms with E-state index >= 15 is 0 Å². The Labute approximate surface area is 222 Å². The van der Waals surface area contributed by atoms with Gasteiger partial charge in [0.05, 0.1) is 18.5 Å². The van der Waals surface area contributed by atoms with Crippen LogP contribution in [0.4, 0.5) is 0 Å². The van der Waals surface area contributed by atoms with Crippen LogP contribution in [0, 0.1) is 0 Å². The van der Waals surface area contributed by atoms with Gasteiger partial charge in [-0.3, -0.25) is 9.69 Å². The number of ether oxygens (including phenoxy) is 2. The van der Waals surface area contributed by atoms with Crippen molar-refractivity contribution >= 4 is 11.7 Å². The van der Waals surface area contributed by atoms with E-state index in [9.17, 15) is 4.79 Å². The molecule has 1 aromatic carbocycles. The summed E-state index contributed by atoms with van der Waals surface area (Å²) in [5.41, 5.74) is 2.60. The smallest absolute Gasteiger partial charge is 0.213 e. The van der Waals surface area contributed by atoms with Crippen molar-refractivity contribution in [1.82, 2.24) is 10.2 Å². The third kappa shape index (κ3) is 6.99. The van der Waals surface area contributed by atoms with Crippen LogP contribution < -0.4 is 5.32 Å². The molecule has 4 rings (SSSR count). The van der Waals surface area contributed by atoms with Crippen molar-refractivity contribution in [3.05, 3.63) is 71.6 Å². The molecule has 2 aliphatic heterocycles. The fourth-order valence-electron chi connectivity index (χ4n) is 5.34. The molecule has 1 saturated heterocycles. The predicted octanol–water partition coefficient (Wildman–Crippen LogP) is 5.71. The number of carbonyl (C=O) groups is 1. The third-order valence-electron chi connectivity index (χ3n) is 7.52. The van der Waals surface area contributed by atoms with Crippen molar-refractivity contribution in [2.24, 2.45) is 4.99 Å². The minimum absolute atomic E-state index is 0.0190. The molecule has 37 heavy (non-hydrogen) atoms. The van der Waals surface area contributed by atoms with Gasteiger partial charge in [0.25, 0.3) is 0 Å². The highest BCUT2D eigenvalue weighted by Crippen LogP contribution is 2.43. The largest absolute Gasteiger partial charge is 0.478 e. The van der Waals surface area contributed by atoms with Crippen molar-refractivity contribution in [3.63, 3.8) is 0 Å². The van der Waals surface area contributed by atoms with Crippen LogP contribution in [0.5, 0.6) is 0 Å². The van der Waals surface area contributed by atoms with E-state index in [0.717, 1.165) is 82.4 Å². The predicted molar refractivity (Wildman–Crippen MR) is 149 cm³/mol. The van der Waals surface area contributed by atoms with Gasteiger partial charge in [0.1, 0.15) is 5.54 Å². The molecule has 1 aliphatic carbocycles. The van der Waals surface area contributed by atoms with E-state index in [-0.39, 0.29) is 11.9 Å². The molecule has 3 aliphatic rings. The highest BCUT2D eigenvalue weighted by Gasteiger charge is 2.52. The average Bonchev–Trinajstić information content (AvgIpc) is 3.17. The highest BCUT2D eigenvalue weighted by molar-refractivity contribution is 6.04. The molecular formula is C31H43N3O3. The normalized spacial score (nSPS) is 22.6. The number of ketones is 1. The first kappa shape index (κ1) is 27.3. The van der Waals surface area contributed by atoms with Crippen LogP contribution in [-0.4, -0.2) is 55.2 Å². The van der Waals surface area contributed by atoms with Crippen molar-refractivity contribution in [1.29, 1.82) is 0 Å². The lowest BCUT2D eigenvalue weighted by Crippen LogP contribution is -2.48. The van der Waals surface area contributed by atoms with Crippen molar-refractivity contribution in [3.8, 4) is 0 Å². The minimum atomic E-state index is -0.485. The number of dihydropyridines is 1. The third-order valence-corrected chi connectivity index (χ3v) is 7.52. The van der Waals surface area contributed by atoms with Crippen LogP contribution in [0.25, 0.3) is 0 Å². The van der Waals surface area contributed by atoms with Crippen LogP contribution in [0.15, 0.2) is 71.0 Å². The summed E-state index contributed by atoms with van der Waals surface area (Å²) in [5.74, 6) is 0.574. The van der Waals surface area contributed by atoms with Gasteiger partial charge < -0.3 is 14.8 Å². The van der Waals surface area contributed by atoms with Crippen molar-refractivity contribution in [2.75, 3.05) is 26.9 Å². The number of nitrogens with zero attached hydrogens (tertiary/aromatic N) is 2. The van der Waals surface area contributed by atoms with Crippen LogP contribution in [0.2, 0.25) is 0 Å². The quantitative estimate of drug-likeness (QED) is 0.309. The Bertz CT molecular complexity index is 1010. The van der Waals surface area contributed by atoms with Gasteiger partial charge in [0.2, 0.25) is 5.90 Å². The number of aliphatic imine (C=N–C) groups is 1. The van der Waals surface area contributed by atoms with Crippen molar-refractivity contribution in [2.45, 2.75) is 82.8 Å². The number of likely N-dealkylation sites (N-methyl/N-ethyl adjacent to an activating group) is 1. The fourth-order valence-corrected chi connectivity index (χ4v) is 5.34. The molecule has 200 valence electrons. The number of carbonyl (C=O) groups excluding carboxylic acids is 1. The number of rotatable bonds is 15. The highest BCUT2D eigenvalue weighted by atomic mass is 16.5. The summed E-state index contributed by atoms with van der Waals surface area (Å²) < 4.78 is 11.8. The van der Waals surface area contributed by atoms with Crippen LogP contribution >= 0.6 is 0 Å². The second-order valence-corrected chi connectivity index (χ2v) is 10.3. The number of aryl methyl sites for hydroxylation is 1. The molecule has 0 bridgehead atoms. The number of allylic oxidation sites excluding steroid dienone is 2. The maximum atomic E-state index is 12.4. The van der Waals surface area contributed by atoms with E-state index < -0.39 is 5.54 Å². The van der Waals surface area contributed by atoms with E-state index in [1.807, 2.05) is 6.08 Å². The van der Waals surface area contributed by atoms with Crippen LogP contribution in [-0.2, 0) is 20.7 Å². The summed E-state index contributed by atoms with van der Waals surface area (Å²) in [6.07, 6.45) is 18.7. The summed E-state index contributed by atoms with van der Waals surface area (Å²) in [6, 6.07) is 10.6. The Balaban J connectivity index is 1.10. The molecule has 0 radical (unpaired) electrons.